The highest BCUT2D eigenvalue weighted by Gasteiger charge is 2.13. The van der Waals surface area contributed by atoms with E-state index in [1.165, 1.54) is 0 Å². The van der Waals surface area contributed by atoms with Gasteiger partial charge in [-0.25, -0.2) is 0 Å². The monoisotopic (exact) mass is 236 g/mol. The molecule has 17 heavy (non-hydrogen) atoms. The number of benzene rings is 1. The molecule has 1 amide bonds. The fourth-order valence-electron chi connectivity index (χ4n) is 1.29. The second-order valence-electron chi connectivity index (χ2n) is 4.03. The number of ether oxygens (including phenoxy) is 1. The van der Waals surface area contributed by atoms with Gasteiger partial charge in [-0.3, -0.25) is 4.79 Å². The molecule has 0 fully saturated rings. The van der Waals surface area contributed by atoms with Crippen LogP contribution in [0.2, 0.25) is 0 Å². The number of nitrogens with one attached hydrogen (secondary N) is 2. The van der Waals surface area contributed by atoms with E-state index in [0.29, 0.717) is 6.54 Å². The van der Waals surface area contributed by atoms with Crippen LogP contribution in [0.1, 0.15) is 13.8 Å². The molecular weight excluding hydrogens is 216 g/mol. The van der Waals surface area contributed by atoms with Gasteiger partial charge in [0.1, 0.15) is 0 Å². The molecule has 4 heteroatoms. The van der Waals surface area contributed by atoms with Gasteiger partial charge in [-0.1, -0.05) is 18.2 Å². The van der Waals surface area contributed by atoms with E-state index in [1.54, 1.807) is 7.11 Å². The number of anilines is 1. The van der Waals surface area contributed by atoms with Crippen LogP contribution in [-0.2, 0) is 9.53 Å². The molecule has 4 nitrogen and oxygen atoms in total. The summed E-state index contributed by atoms with van der Waals surface area (Å²) in [5, 5.41) is 5.96. The summed E-state index contributed by atoms with van der Waals surface area (Å²) in [6.07, 6.45) is 0.0991. The van der Waals surface area contributed by atoms with E-state index >= 15 is 0 Å². The number of hydrogen-bond donors (Lipinski definition) is 2. The Balaban J connectivity index is 2.37. The number of para-hydroxylation sites is 1. The summed E-state index contributed by atoms with van der Waals surface area (Å²) in [4.78, 5) is 11.8. The molecule has 0 radical (unpaired) electrons. The summed E-state index contributed by atoms with van der Waals surface area (Å²) in [5.74, 6) is -0.0421. The lowest BCUT2D eigenvalue weighted by atomic mass is 10.2. The SMILES string of the molecule is COC(C)CNC(C)C(=O)Nc1ccccc1. The largest absolute Gasteiger partial charge is 0.380 e. The van der Waals surface area contributed by atoms with Crippen molar-refractivity contribution < 1.29 is 9.53 Å². The third kappa shape index (κ3) is 4.97. The van der Waals surface area contributed by atoms with E-state index in [0.717, 1.165) is 5.69 Å². The van der Waals surface area contributed by atoms with Crippen molar-refractivity contribution in [2.45, 2.75) is 26.0 Å². The first-order valence-corrected chi connectivity index (χ1v) is 5.75. The Hall–Kier alpha value is -1.39. The number of carbonyl (C=O) groups excluding carboxylic acids is 1. The molecule has 0 aromatic heterocycles. The topological polar surface area (TPSA) is 50.4 Å². The van der Waals surface area contributed by atoms with Crippen molar-refractivity contribution in [1.29, 1.82) is 0 Å². The van der Waals surface area contributed by atoms with Gasteiger partial charge in [-0.15, -0.1) is 0 Å². The van der Waals surface area contributed by atoms with Crippen molar-refractivity contribution in [3.8, 4) is 0 Å². The lowest BCUT2D eigenvalue weighted by molar-refractivity contribution is -0.117. The highest BCUT2D eigenvalue weighted by atomic mass is 16.5. The molecule has 1 rings (SSSR count). The average Bonchev–Trinajstić information content (AvgIpc) is 2.36. The fraction of sp³-hybridized carbons (Fsp3) is 0.462. The van der Waals surface area contributed by atoms with Crippen LogP contribution in [0.25, 0.3) is 0 Å². The van der Waals surface area contributed by atoms with Crippen molar-refractivity contribution in [2.24, 2.45) is 0 Å². The van der Waals surface area contributed by atoms with Crippen LogP contribution in [0.4, 0.5) is 5.69 Å². The van der Waals surface area contributed by atoms with Gasteiger partial charge in [0.05, 0.1) is 12.1 Å². The number of hydrogen-bond acceptors (Lipinski definition) is 3. The maximum Gasteiger partial charge on any atom is 0.241 e. The van der Waals surface area contributed by atoms with Crippen LogP contribution in [0, 0.1) is 0 Å². The minimum atomic E-state index is -0.243. The quantitative estimate of drug-likeness (QED) is 0.789. The van der Waals surface area contributed by atoms with Gasteiger partial charge in [-0.05, 0) is 26.0 Å². The fourth-order valence-corrected chi connectivity index (χ4v) is 1.29. The molecule has 94 valence electrons. The van der Waals surface area contributed by atoms with Crippen LogP contribution >= 0.6 is 0 Å². The molecule has 0 saturated heterocycles. The maximum atomic E-state index is 11.8. The van der Waals surface area contributed by atoms with Crippen molar-refractivity contribution in [3.63, 3.8) is 0 Å². The third-order valence-electron chi connectivity index (χ3n) is 2.55. The molecule has 1 aromatic rings. The summed E-state index contributed by atoms with van der Waals surface area (Å²) >= 11 is 0. The first-order chi connectivity index (χ1) is 8.13. The minimum absolute atomic E-state index is 0.0421. The van der Waals surface area contributed by atoms with E-state index in [-0.39, 0.29) is 18.1 Å². The Morgan fingerprint density at radius 1 is 1.29 bits per heavy atom. The zero-order valence-electron chi connectivity index (χ0n) is 10.6. The van der Waals surface area contributed by atoms with Gasteiger partial charge >= 0.3 is 0 Å². The van der Waals surface area contributed by atoms with E-state index < -0.39 is 0 Å². The zero-order valence-corrected chi connectivity index (χ0v) is 10.6. The highest BCUT2D eigenvalue weighted by Crippen LogP contribution is 2.05. The Labute approximate surface area is 102 Å². The molecule has 0 heterocycles. The predicted molar refractivity (Wildman–Crippen MR) is 69.0 cm³/mol. The number of carbonyl (C=O) groups is 1. The minimum Gasteiger partial charge on any atom is -0.380 e. The third-order valence-corrected chi connectivity index (χ3v) is 2.55. The Morgan fingerprint density at radius 3 is 2.53 bits per heavy atom. The summed E-state index contributed by atoms with van der Waals surface area (Å²) in [6, 6.07) is 9.18. The van der Waals surface area contributed by atoms with Crippen molar-refractivity contribution in [2.75, 3.05) is 19.0 Å². The summed E-state index contributed by atoms with van der Waals surface area (Å²) < 4.78 is 5.10. The van der Waals surface area contributed by atoms with Crippen molar-refractivity contribution >= 4 is 11.6 Å². The number of methoxy groups -OCH3 is 1. The summed E-state index contributed by atoms with van der Waals surface area (Å²) in [5.41, 5.74) is 0.811. The highest BCUT2D eigenvalue weighted by molar-refractivity contribution is 5.94. The predicted octanol–water partition coefficient (Wildman–Crippen LogP) is 1.64. The lowest BCUT2D eigenvalue weighted by Crippen LogP contribution is -2.41. The molecule has 0 aliphatic carbocycles. The van der Waals surface area contributed by atoms with Gasteiger partial charge < -0.3 is 15.4 Å². The molecule has 1 aromatic carbocycles. The second-order valence-corrected chi connectivity index (χ2v) is 4.03. The van der Waals surface area contributed by atoms with E-state index in [9.17, 15) is 4.79 Å². The van der Waals surface area contributed by atoms with Crippen molar-refractivity contribution in [1.82, 2.24) is 5.32 Å². The van der Waals surface area contributed by atoms with E-state index in [2.05, 4.69) is 10.6 Å². The van der Waals surface area contributed by atoms with Crippen LogP contribution in [0.15, 0.2) is 30.3 Å². The molecule has 0 aliphatic heterocycles. The lowest BCUT2D eigenvalue weighted by Gasteiger charge is -2.16. The molecule has 2 atom stereocenters. The van der Waals surface area contributed by atoms with Crippen LogP contribution in [-0.4, -0.2) is 31.7 Å². The summed E-state index contributed by atoms with van der Waals surface area (Å²) in [6.45, 7) is 4.44. The maximum absolute atomic E-state index is 11.8. The van der Waals surface area contributed by atoms with Crippen LogP contribution in [0.3, 0.4) is 0 Å². The Morgan fingerprint density at radius 2 is 1.94 bits per heavy atom. The van der Waals surface area contributed by atoms with Crippen molar-refractivity contribution in [3.05, 3.63) is 30.3 Å². The molecular formula is C13H20N2O2. The molecule has 0 saturated carbocycles. The molecule has 0 spiro atoms. The molecule has 0 aliphatic rings. The van der Waals surface area contributed by atoms with Crippen LogP contribution in [0.5, 0.6) is 0 Å². The van der Waals surface area contributed by atoms with Gasteiger partial charge in [0.2, 0.25) is 5.91 Å². The van der Waals surface area contributed by atoms with Gasteiger partial charge in [0, 0.05) is 19.3 Å². The molecule has 2 N–H and O–H groups in total. The first kappa shape index (κ1) is 13.7. The standard InChI is InChI=1S/C13H20N2O2/c1-10(17-3)9-14-11(2)13(16)15-12-7-5-4-6-8-12/h4-8,10-11,14H,9H2,1-3H3,(H,15,16). The van der Waals surface area contributed by atoms with Crippen LogP contribution < -0.4 is 10.6 Å². The number of rotatable bonds is 6. The Kier molecular flexibility index (Phi) is 5.66. The van der Waals surface area contributed by atoms with E-state index in [1.807, 2.05) is 44.2 Å². The Bertz CT molecular complexity index is 341. The zero-order chi connectivity index (χ0) is 12.7. The van der Waals surface area contributed by atoms with E-state index in [4.69, 9.17) is 4.74 Å². The first-order valence-electron chi connectivity index (χ1n) is 5.75. The normalized spacial score (nSPS) is 14.1. The molecule has 2 unspecified atom stereocenters. The smallest absolute Gasteiger partial charge is 0.241 e. The molecule has 0 bridgehead atoms. The van der Waals surface area contributed by atoms with Gasteiger partial charge in [-0.2, -0.15) is 0 Å². The number of amides is 1. The van der Waals surface area contributed by atoms with Gasteiger partial charge in [0.25, 0.3) is 0 Å². The average molecular weight is 236 g/mol. The van der Waals surface area contributed by atoms with Gasteiger partial charge in [0.15, 0.2) is 0 Å². The summed E-state index contributed by atoms with van der Waals surface area (Å²) in [7, 11) is 1.65. The second kappa shape index (κ2) is 7.04.